The topological polar surface area (TPSA) is 76.8 Å². The zero-order valence-electron chi connectivity index (χ0n) is 9.81. The van der Waals surface area contributed by atoms with Gasteiger partial charge in [0.25, 0.3) is 0 Å². The molecule has 0 aliphatic rings. The Morgan fingerprint density at radius 1 is 1.41 bits per heavy atom. The van der Waals surface area contributed by atoms with Crippen LogP contribution in [0.15, 0.2) is 24.3 Å². The molecule has 0 saturated heterocycles. The number of H-pyrrole nitrogens is 1. The average molecular weight is 232 g/mol. The highest BCUT2D eigenvalue weighted by atomic mass is 16.5. The van der Waals surface area contributed by atoms with E-state index in [1.807, 2.05) is 24.3 Å². The van der Waals surface area contributed by atoms with Crippen LogP contribution >= 0.6 is 0 Å². The Morgan fingerprint density at radius 3 is 3.06 bits per heavy atom. The molecule has 0 amide bonds. The first-order valence-electron chi connectivity index (χ1n) is 5.55. The van der Waals surface area contributed by atoms with Gasteiger partial charge < -0.3 is 10.5 Å². The van der Waals surface area contributed by atoms with E-state index in [2.05, 4.69) is 15.2 Å². The van der Waals surface area contributed by atoms with Crippen molar-refractivity contribution in [2.45, 2.75) is 12.8 Å². The SMILES string of the molecule is COc1cccc(Cc2nc(CCN)n[nH]2)c1. The van der Waals surface area contributed by atoms with Gasteiger partial charge in [0, 0.05) is 12.8 Å². The molecule has 0 saturated carbocycles. The summed E-state index contributed by atoms with van der Waals surface area (Å²) in [4.78, 5) is 4.36. The summed E-state index contributed by atoms with van der Waals surface area (Å²) in [6.07, 6.45) is 1.42. The van der Waals surface area contributed by atoms with Crippen molar-refractivity contribution >= 4 is 0 Å². The Hall–Kier alpha value is -1.88. The summed E-state index contributed by atoms with van der Waals surface area (Å²) >= 11 is 0. The first kappa shape index (κ1) is 11.6. The lowest BCUT2D eigenvalue weighted by Gasteiger charge is -2.02. The summed E-state index contributed by atoms with van der Waals surface area (Å²) < 4.78 is 5.17. The van der Waals surface area contributed by atoms with Gasteiger partial charge in [-0.2, -0.15) is 5.10 Å². The third-order valence-corrected chi connectivity index (χ3v) is 2.45. The molecular weight excluding hydrogens is 216 g/mol. The molecule has 0 aliphatic carbocycles. The van der Waals surface area contributed by atoms with E-state index < -0.39 is 0 Å². The van der Waals surface area contributed by atoms with Crippen LogP contribution in [0.3, 0.4) is 0 Å². The largest absolute Gasteiger partial charge is 0.497 e. The van der Waals surface area contributed by atoms with Crippen LogP contribution in [-0.2, 0) is 12.8 Å². The molecule has 1 heterocycles. The predicted molar refractivity (Wildman–Crippen MR) is 64.9 cm³/mol. The van der Waals surface area contributed by atoms with Crippen molar-refractivity contribution in [3.05, 3.63) is 41.5 Å². The van der Waals surface area contributed by atoms with E-state index in [1.165, 1.54) is 0 Å². The van der Waals surface area contributed by atoms with Gasteiger partial charge in [-0.25, -0.2) is 4.98 Å². The molecule has 0 aliphatic heterocycles. The molecule has 5 nitrogen and oxygen atoms in total. The summed E-state index contributed by atoms with van der Waals surface area (Å²) in [6.45, 7) is 0.566. The Morgan fingerprint density at radius 2 is 2.29 bits per heavy atom. The second-order valence-electron chi connectivity index (χ2n) is 3.77. The minimum atomic E-state index is 0.566. The van der Waals surface area contributed by atoms with Gasteiger partial charge in [-0.05, 0) is 24.2 Å². The molecule has 3 N–H and O–H groups in total. The van der Waals surface area contributed by atoms with Gasteiger partial charge in [-0.3, -0.25) is 5.10 Å². The average Bonchev–Trinajstić information content (AvgIpc) is 2.77. The number of rotatable bonds is 5. The molecular formula is C12H16N4O. The van der Waals surface area contributed by atoms with Crippen LogP contribution in [0.2, 0.25) is 0 Å². The maximum absolute atomic E-state index is 5.45. The van der Waals surface area contributed by atoms with E-state index in [0.717, 1.165) is 29.4 Å². The zero-order chi connectivity index (χ0) is 12.1. The molecule has 5 heteroatoms. The summed E-state index contributed by atoms with van der Waals surface area (Å²) in [5.41, 5.74) is 6.59. The minimum absolute atomic E-state index is 0.566. The van der Waals surface area contributed by atoms with Crippen LogP contribution in [0.25, 0.3) is 0 Å². The molecule has 90 valence electrons. The standard InChI is InChI=1S/C12H16N4O/c1-17-10-4-2-3-9(7-10)8-12-14-11(5-6-13)15-16-12/h2-4,7H,5-6,8,13H2,1H3,(H,14,15,16). The quantitative estimate of drug-likeness (QED) is 0.803. The highest BCUT2D eigenvalue weighted by Crippen LogP contribution is 2.14. The molecule has 2 aromatic rings. The lowest BCUT2D eigenvalue weighted by Crippen LogP contribution is -2.04. The number of benzene rings is 1. The Bertz CT molecular complexity index is 481. The van der Waals surface area contributed by atoms with Gasteiger partial charge in [0.2, 0.25) is 0 Å². The molecule has 0 unspecified atom stereocenters. The third-order valence-electron chi connectivity index (χ3n) is 2.45. The summed E-state index contributed by atoms with van der Waals surface area (Å²) in [7, 11) is 1.66. The Labute approximate surface area is 100 Å². The maximum atomic E-state index is 5.45. The van der Waals surface area contributed by atoms with E-state index in [-0.39, 0.29) is 0 Å². The van der Waals surface area contributed by atoms with Crippen LogP contribution in [0.5, 0.6) is 5.75 Å². The van der Waals surface area contributed by atoms with Crippen molar-refractivity contribution in [3.8, 4) is 5.75 Å². The Kier molecular flexibility index (Phi) is 3.72. The van der Waals surface area contributed by atoms with Crippen molar-refractivity contribution in [1.82, 2.24) is 15.2 Å². The van der Waals surface area contributed by atoms with Crippen molar-refractivity contribution < 1.29 is 4.74 Å². The second kappa shape index (κ2) is 5.45. The number of hydrogen-bond acceptors (Lipinski definition) is 4. The van der Waals surface area contributed by atoms with Gasteiger partial charge in [0.15, 0.2) is 5.82 Å². The molecule has 0 spiro atoms. The number of hydrogen-bond donors (Lipinski definition) is 2. The van der Waals surface area contributed by atoms with Crippen molar-refractivity contribution in [2.75, 3.05) is 13.7 Å². The monoisotopic (exact) mass is 232 g/mol. The predicted octanol–water partition coefficient (Wildman–Crippen LogP) is 0.905. The maximum Gasteiger partial charge on any atom is 0.151 e. The van der Waals surface area contributed by atoms with Crippen molar-refractivity contribution in [1.29, 1.82) is 0 Å². The summed E-state index contributed by atoms with van der Waals surface area (Å²) in [5.74, 6) is 2.47. The fourth-order valence-corrected chi connectivity index (χ4v) is 1.63. The summed E-state index contributed by atoms with van der Waals surface area (Å²) in [6, 6.07) is 7.91. The lowest BCUT2D eigenvalue weighted by atomic mass is 10.1. The molecule has 0 fully saturated rings. The normalized spacial score (nSPS) is 10.5. The van der Waals surface area contributed by atoms with E-state index in [1.54, 1.807) is 7.11 Å². The van der Waals surface area contributed by atoms with Crippen molar-refractivity contribution in [2.24, 2.45) is 5.73 Å². The number of ether oxygens (including phenoxy) is 1. The molecule has 0 radical (unpaired) electrons. The smallest absolute Gasteiger partial charge is 0.151 e. The van der Waals surface area contributed by atoms with E-state index in [9.17, 15) is 0 Å². The van der Waals surface area contributed by atoms with Gasteiger partial charge in [0.1, 0.15) is 11.6 Å². The number of methoxy groups -OCH3 is 1. The van der Waals surface area contributed by atoms with Gasteiger partial charge in [0.05, 0.1) is 7.11 Å². The van der Waals surface area contributed by atoms with E-state index in [4.69, 9.17) is 10.5 Å². The molecule has 0 atom stereocenters. The van der Waals surface area contributed by atoms with Crippen LogP contribution in [0.1, 0.15) is 17.2 Å². The van der Waals surface area contributed by atoms with Crippen LogP contribution < -0.4 is 10.5 Å². The zero-order valence-corrected chi connectivity index (χ0v) is 9.81. The van der Waals surface area contributed by atoms with Gasteiger partial charge in [-0.15, -0.1) is 0 Å². The molecule has 1 aromatic heterocycles. The fourth-order valence-electron chi connectivity index (χ4n) is 1.63. The van der Waals surface area contributed by atoms with Crippen molar-refractivity contribution in [3.63, 3.8) is 0 Å². The van der Waals surface area contributed by atoms with Crippen LogP contribution in [0, 0.1) is 0 Å². The number of nitrogens with zero attached hydrogens (tertiary/aromatic N) is 2. The highest BCUT2D eigenvalue weighted by molar-refractivity contribution is 5.30. The van der Waals surface area contributed by atoms with Crippen LogP contribution in [-0.4, -0.2) is 28.8 Å². The third kappa shape index (κ3) is 3.04. The number of aromatic nitrogens is 3. The van der Waals surface area contributed by atoms with Crippen LogP contribution in [0.4, 0.5) is 0 Å². The first-order valence-corrected chi connectivity index (χ1v) is 5.55. The number of nitrogens with two attached hydrogens (primary N) is 1. The lowest BCUT2D eigenvalue weighted by molar-refractivity contribution is 0.414. The summed E-state index contributed by atoms with van der Waals surface area (Å²) in [5, 5.41) is 7.02. The van der Waals surface area contributed by atoms with E-state index in [0.29, 0.717) is 13.0 Å². The number of aromatic amines is 1. The number of nitrogens with one attached hydrogen (secondary N) is 1. The minimum Gasteiger partial charge on any atom is -0.497 e. The molecule has 0 bridgehead atoms. The van der Waals surface area contributed by atoms with E-state index >= 15 is 0 Å². The highest BCUT2D eigenvalue weighted by Gasteiger charge is 2.04. The van der Waals surface area contributed by atoms with Gasteiger partial charge >= 0.3 is 0 Å². The van der Waals surface area contributed by atoms with Gasteiger partial charge in [-0.1, -0.05) is 12.1 Å². The first-order chi connectivity index (χ1) is 8.31. The fraction of sp³-hybridized carbons (Fsp3) is 0.333. The molecule has 1 aromatic carbocycles. The Balaban J connectivity index is 2.08. The molecule has 2 rings (SSSR count). The molecule has 17 heavy (non-hydrogen) atoms. The second-order valence-corrected chi connectivity index (χ2v) is 3.77.